The Kier molecular flexibility index (Phi) is 3.92. The van der Waals surface area contributed by atoms with E-state index in [1.807, 2.05) is 6.92 Å². The number of fused-ring (bicyclic) bond motifs is 1. The summed E-state index contributed by atoms with van der Waals surface area (Å²) in [4.78, 5) is 12.2. The van der Waals surface area contributed by atoms with Crippen LogP contribution in [0.2, 0.25) is 0 Å². The smallest absolute Gasteiger partial charge is 0.189 e. The Morgan fingerprint density at radius 1 is 1.23 bits per heavy atom. The molecule has 0 bridgehead atoms. The van der Waals surface area contributed by atoms with Crippen molar-refractivity contribution in [3.63, 3.8) is 0 Å². The van der Waals surface area contributed by atoms with Crippen molar-refractivity contribution in [1.82, 2.24) is 4.57 Å². The zero-order valence-corrected chi connectivity index (χ0v) is 14.8. The van der Waals surface area contributed by atoms with Crippen molar-refractivity contribution >= 4 is 26.8 Å². The molecular formula is C18H21BrFNO. The summed E-state index contributed by atoms with van der Waals surface area (Å²) in [6.45, 7) is 6.59. The van der Waals surface area contributed by atoms with E-state index in [0.717, 1.165) is 24.1 Å². The van der Waals surface area contributed by atoms with Gasteiger partial charge in [0.2, 0.25) is 0 Å². The highest BCUT2D eigenvalue weighted by atomic mass is 79.9. The molecule has 1 fully saturated rings. The molecule has 1 heterocycles. The van der Waals surface area contributed by atoms with Gasteiger partial charge in [0.05, 0.1) is 9.99 Å². The predicted octanol–water partition coefficient (Wildman–Crippen LogP) is 5.35. The molecule has 2 aromatic rings. The molecular weight excluding hydrogens is 345 g/mol. The Hall–Kier alpha value is -1.16. The van der Waals surface area contributed by atoms with E-state index in [0.29, 0.717) is 21.3 Å². The molecule has 2 nitrogen and oxygen atoms in total. The van der Waals surface area contributed by atoms with Crippen molar-refractivity contribution in [2.24, 2.45) is 5.41 Å². The number of aryl methyl sites for hydroxylation is 1. The van der Waals surface area contributed by atoms with Crippen LogP contribution in [0.25, 0.3) is 10.9 Å². The van der Waals surface area contributed by atoms with E-state index in [4.69, 9.17) is 0 Å². The molecule has 1 aliphatic rings. The fourth-order valence-electron chi connectivity index (χ4n) is 3.59. The molecule has 4 heteroatoms. The molecule has 1 aromatic heterocycles. The van der Waals surface area contributed by atoms with Crippen LogP contribution in [0.15, 0.2) is 27.5 Å². The maximum atomic E-state index is 13.8. The van der Waals surface area contributed by atoms with Crippen molar-refractivity contribution in [2.45, 2.75) is 52.5 Å². The first-order valence-electron chi connectivity index (χ1n) is 7.79. The molecule has 1 aromatic carbocycles. The Morgan fingerprint density at radius 3 is 2.50 bits per heavy atom. The topological polar surface area (TPSA) is 22.0 Å². The second kappa shape index (κ2) is 5.48. The van der Waals surface area contributed by atoms with E-state index >= 15 is 0 Å². The third-order valence-corrected chi connectivity index (χ3v) is 5.57. The van der Waals surface area contributed by atoms with Gasteiger partial charge in [-0.3, -0.25) is 4.79 Å². The molecule has 118 valence electrons. The van der Waals surface area contributed by atoms with Crippen molar-refractivity contribution in [2.75, 3.05) is 0 Å². The highest BCUT2D eigenvalue weighted by Gasteiger charge is 2.28. The molecule has 0 saturated heterocycles. The maximum Gasteiger partial charge on any atom is 0.189 e. The van der Waals surface area contributed by atoms with Gasteiger partial charge in [0.15, 0.2) is 5.43 Å². The average molecular weight is 366 g/mol. The Bertz CT molecular complexity index is 784. The van der Waals surface area contributed by atoms with E-state index in [-0.39, 0.29) is 11.2 Å². The van der Waals surface area contributed by atoms with Gasteiger partial charge in [0, 0.05) is 23.2 Å². The zero-order chi connectivity index (χ0) is 16.1. The lowest BCUT2D eigenvalue weighted by atomic mass is 9.75. The lowest BCUT2D eigenvalue weighted by molar-refractivity contribution is 0.194. The van der Waals surface area contributed by atoms with Gasteiger partial charge in [-0.15, -0.1) is 0 Å². The summed E-state index contributed by atoms with van der Waals surface area (Å²) in [5.74, 6) is -0.384. The number of aromatic nitrogens is 1. The number of pyridine rings is 1. The van der Waals surface area contributed by atoms with E-state index in [1.54, 1.807) is 12.1 Å². The second-order valence-corrected chi connectivity index (χ2v) is 8.05. The van der Waals surface area contributed by atoms with Gasteiger partial charge < -0.3 is 4.57 Å². The molecule has 3 rings (SSSR count). The molecule has 0 unspecified atom stereocenters. The van der Waals surface area contributed by atoms with Crippen LogP contribution >= 0.6 is 15.9 Å². The third-order valence-electron chi connectivity index (χ3n) is 4.96. The first kappa shape index (κ1) is 15.7. The molecule has 1 aliphatic carbocycles. The summed E-state index contributed by atoms with van der Waals surface area (Å²) in [5, 5.41) is 0.469. The molecule has 0 radical (unpaired) electrons. The summed E-state index contributed by atoms with van der Waals surface area (Å²) in [7, 11) is 0. The average Bonchev–Trinajstić information content (AvgIpc) is 2.43. The SMILES string of the molecule is Cc1cc(=O)c2cc(F)c(Br)cc2n1C1CCC(C)(C)CC1. The minimum absolute atomic E-state index is 0.105. The summed E-state index contributed by atoms with van der Waals surface area (Å²) >= 11 is 3.25. The molecule has 0 spiro atoms. The summed E-state index contributed by atoms with van der Waals surface area (Å²) in [6, 6.07) is 5.12. The lowest BCUT2D eigenvalue weighted by Crippen LogP contribution is -2.26. The van der Waals surface area contributed by atoms with Gasteiger partial charge in [-0.25, -0.2) is 4.39 Å². The van der Waals surface area contributed by atoms with Crippen LogP contribution in [0.1, 0.15) is 51.3 Å². The largest absolute Gasteiger partial charge is 0.342 e. The van der Waals surface area contributed by atoms with Crippen LogP contribution in [0.5, 0.6) is 0 Å². The highest BCUT2D eigenvalue weighted by Crippen LogP contribution is 2.41. The maximum absolute atomic E-state index is 13.8. The van der Waals surface area contributed by atoms with Crippen molar-refractivity contribution < 1.29 is 4.39 Å². The molecule has 1 saturated carbocycles. The number of halogens is 2. The number of rotatable bonds is 1. The quantitative estimate of drug-likeness (QED) is 0.667. The predicted molar refractivity (Wildman–Crippen MR) is 91.9 cm³/mol. The summed E-state index contributed by atoms with van der Waals surface area (Å²) in [5.41, 5.74) is 2.08. The van der Waals surface area contributed by atoms with Crippen molar-refractivity contribution in [3.05, 3.63) is 44.4 Å². The van der Waals surface area contributed by atoms with Gasteiger partial charge >= 0.3 is 0 Å². The van der Waals surface area contributed by atoms with E-state index in [9.17, 15) is 9.18 Å². The first-order valence-corrected chi connectivity index (χ1v) is 8.59. The van der Waals surface area contributed by atoms with Gasteiger partial charge in [-0.05, 0) is 66.1 Å². The monoisotopic (exact) mass is 365 g/mol. The van der Waals surface area contributed by atoms with E-state index in [1.165, 1.54) is 18.9 Å². The summed E-state index contributed by atoms with van der Waals surface area (Å²) < 4.78 is 16.5. The third kappa shape index (κ3) is 2.73. The van der Waals surface area contributed by atoms with E-state index < -0.39 is 0 Å². The Morgan fingerprint density at radius 2 is 1.86 bits per heavy atom. The van der Waals surface area contributed by atoms with Crippen LogP contribution < -0.4 is 5.43 Å². The number of hydrogen-bond donors (Lipinski definition) is 0. The van der Waals surface area contributed by atoms with Gasteiger partial charge in [0.1, 0.15) is 5.82 Å². The fraction of sp³-hybridized carbons (Fsp3) is 0.500. The standard InChI is InChI=1S/C18H21BrFNO/c1-11-8-17(22)13-9-15(20)14(19)10-16(13)21(11)12-4-6-18(2,3)7-5-12/h8-10,12H,4-7H2,1-3H3. The number of benzene rings is 1. The van der Waals surface area contributed by atoms with Crippen LogP contribution in [0.4, 0.5) is 4.39 Å². The minimum Gasteiger partial charge on any atom is -0.342 e. The first-order chi connectivity index (χ1) is 10.3. The minimum atomic E-state index is -0.384. The molecule has 0 aliphatic heterocycles. The van der Waals surface area contributed by atoms with Crippen molar-refractivity contribution in [3.8, 4) is 0 Å². The molecule has 0 amide bonds. The highest BCUT2D eigenvalue weighted by molar-refractivity contribution is 9.10. The molecule has 0 N–H and O–H groups in total. The zero-order valence-electron chi connectivity index (χ0n) is 13.2. The lowest BCUT2D eigenvalue weighted by Gasteiger charge is -2.36. The molecule has 0 atom stereocenters. The van der Waals surface area contributed by atoms with E-state index in [2.05, 4.69) is 34.3 Å². The van der Waals surface area contributed by atoms with Crippen molar-refractivity contribution in [1.29, 1.82) is 0 Å². The Labute approximate surface area is 138 Å². The van der Waals surface area contributed by atoms with Crippen LogP contribution in [0.3, 0.4) is 0 Å². The second-order valence-electron chi connectivity index (χ2n) is 7.20. The number of hydrogen-bond acceptors (Lipinski definition) is 1. The van der Waals surface area contributed by atoms with Crippen LogP contribution in [-0.2, 0) is 0 Å². The normalized spacial score (nSPS) is 18.8. The van der Waals surface area contributed by atoms with Gasteiger partial charge in [0.25, 0.3) is 0 Å². The molecule has 22 heavy (non-hydrogen) atoms. The van der Waals surface area contributed by atoms with Crippen LogP contribution in [-0.4, -0.2) is 4.57 Å². The summed E-state index contributed by atoms with van der Waals surface area (Å²) in [6.07, 6.45) is 4.54. The number of nitrogens with zero attached hydrogens (tertiary/aromatic N) is 1. The van der Waals surface area contributed by atoms with Gasteiger partial charge in [-0.2, -0.15) is 0 Å². The fourth-order valence-corrected chi connectivity index (χ4v) is 3.92. The van der Waals surface area contributed by atoms with Gasteiger partial charge in [-0.1, -0.05) is 13.8 Å². The Balaban J connectivity index is 2.17. The van der Waals surface area contributed by atoms with Crippen LogP contribution in [0, 0.1) is 18.2 Å².